The van der Waals surface area contributed by atoms with Gasteiger partial charge in [0.25, 0.3) is 0 Å². The molecule has 1 aliphatic heterocycles. The number of hydrogen-bond acceptors (Lipinski definition) is 3. The van der Waals surface area contributed by atoms with Crippen LogP contribution in [-0.4, -0.2) is 24.6 Å². The van der Waals surface area contributed by atoms with Gasteiger partial charge in [0.15, 0.2) is 0 Å². The van der Waals surface area contributed by atoms with Crippen LogP contribution in [0.1, 0.15) is 41.5 Å². The lowest BCUT2D eigenvalue weighted by Gasteiger charge is -2.33. The van der Waals surface area contributed by atoms with Crippen LogP contribution in [0.25, 0.3) is 11.1 Å². The Bertz CT molecular complexity index is 1050. The zero-order valence-corrected chi connectivity index (χ0v) is 17.1. The fourth-order valence-corrected chi connectivity index (χ4v) is 4.88. The number of ether oxygens (including phenoxy) is 2. The Kier molecular flexibility index (Phi) is 4.91. The van der Waals surface area contributed by atoms with E-state index in [1.807, 2.05) is 47.4 Å². The number of likely N-dealkylation sites (tertiary alicyclic amines) is 1. The van der Waals surface area contributed by atoms with Crippen LogP contribution in [-0.2, 0) is 11.3 Å². The van der Waals surface area contributed by atoms with E-state index in [2.05, 4.69) is 30.3 Å². The number of piperidine rings is 1. The van der Waals surface area contributed by atoms with Gasteiger partial charge in [-0.25, -0.2) is 4.79 Å². The minimum atomic E-state index is -0.223. The number of methoxy groups -OCH3 is 1. The summed E-state index contributed by atoms with van der Waals surface area (Å²) in [5, 5.41) is 0. The van der Waals surface area contributed by atoms with Crippen LogP contribution in [0, 0.1) is 0 Å². The quantitative estimate of drug-likeness (QED) is 0.545. The van der Waals surface area contributed by atoms with Crippen molar-refractivity contribution in [3.63, 3.8) is 0 Å². The second-order valence-corrected chi connectivity index (χ2v) is 8.01. The van der Waals surface area contributed by atoms with Crippen molar-refractivity contribution in [1.82, 2.24) is 4.90 Å². The molecule has 2 bridgehead atoms. The molecular weight excluding hydrogens is 374 g/mol. The number of carbonyl (C=O) groups is 1. The van der Waals surface area contributed by atoms with Crippen molar-refractivity contribution in [3.05, 3.63) is 89.5 Å². The molecule has 30 heavy (non-hydrogen) atoms. The molecule has 1 aliphatic carbocycles. The van der Waals surface area contributed by atoms with E-state index >= 15 is 0 Å². The number of benzene rings is 3. The summed E-state index contributed by atoms with van der Waals surface area (Å²) >= 11 is 0. The molecule has 1 amide bonds. The summed E-state index contributed by atoms with van der Waals surface area (Å²) in [5.74, 6) is 1.36. The van der Waals surface area contributed by atoms with E-state index in [9.17, 15) is 4.79 Å². The van der Waals surface area contributed by atoms with Crippen molar-refractivity contribution >= 4 is 6.09 Å². The average molecular weight is 399 g/mol. The highest BCUT2D eigenvalue weighted by Crippen LogP contribution is 2.52. The Balaban J connectivity index is 1.43. The number of hydrogen-bond donors (Lipinski definition) is 0. The molecule has 5 rings (SSSR count). The van der Waals surface area contributed by atoms with Gasteiger partial charge in [0.05, 0.1) is 13.2 Å². The third kappa shape index (κ3) is 3.32. The van der Waals surface area contributed by atoms with Crippen molar-refractivity contribution in [2.75, 3.05) is 13.7 Å². The molecule has 3 aromatic carbocycles. The molecule has 2 aliphatic rings. The van der Waals surface area contributed by atoms with E-state index in [-0.39, 0.29) is 12.1 Å². The van der Waals surface area contributed by atoms with Gasteiger partial charge in [0.2, 0.25) is 0 Å². The Hall–Kier alpha value is -3.27. The fraction of sp³-hybridized carbons (Fsp3) is 0.269. The highest BCUT2D eigenvalue weighted by molar-refractivity contribution is 5.75. The van der Waals surface area contributed by atoms with Gasteiger partial charge in [0.1, 0.15) is 12.4 Å². The van der Waals surface area contributed by atoms with Crippen molar-refractivity contribution < 1.29 is 14.3 Å². The molecule has 0 N–H and O–H groups in total. The first kappa shape index (κ1) is 18.7. The predicted octanol–water partition coefficient (Wildman–Crippen LogP) is 5.93. The fourth-order valence-electron chi connectivity index (χ4n) is 4.88. The summed E-state index contributed by atoms with van der Waals surface area (Å²) in [7, 11) is 1.68. The first-order valence-electron chi connectivity index (χ1n) is 10.5. The van der Waals surface area contributed by atoms with Crippen molar-refractivity contribution in [3.8, 4) is 16.9 Å². The Morgan fingerprint density at radius 2 is 1.80 bits per heavy atom. The highest BCUT2D eigenvalue weighted by atomic mass is 16.6. The average Bonchev–Trinajstić information content (AvgIpc) is 3.10. The van der Waals surface area contributed by atoms with Crippen molar-refractivity contribution in [2.45, 2.75) is 31.4 Å². The third-order valence-corrected chi connectivity index (χ3v) is 6.36. The molecule has 2 unspecified atom stereocenters. The molecule has 0 spiro atoms. The van der Waals surface area contributed by atoms with E-state index in [0.717, 1.165) is 36.3 Å². The molecule has 0 saturated carbocycles. The largest absolute Gasteiger partial charge is 0.497 e. The highest BCUT2D eigenvalue weighted by Gasteiger charge is 2.42. The second kappa shape index (κ2) is 7.86. The van der Waals surface area contributed by atoms with Crippen LogP contribution >= 0.6 is 0 Å². The Morgan fingerprint density at radius 3 is 2.57 bits per heavy atom. The molecule has 2 atom stereocenters. The van der Waals surface area contributed by atoms with E-state index < -0.39 is 0 Å². The number of amides is 1. The molecule has 3 aromatic rings. The maximum Gasteiger partial charge on any atom is 0.410 e. The molecule has 1 fully saturated rings. The van der Waals surface area contributed by atoms with E-state index in [1.54, 1.807) is 7.11 Å². The summed E-state index contributed by atoms with van der Waals surface area (Å²) in [6.07, 6.45) is 1.73. The van der Waals surface area contributed by atoms with Crippen LogP contribution in [0.4, 0.5) is 4.79 Å². The molecule has 4 nitrogen and oxygen atoms in total. The van der Waals surface area contributed by atoms with E-state index in [4.69, 9.17) is 9.47 Å². The van der Waals surface area contributed by atoms with Crippen LogP contribution in [0.15, 0.2) is 72.8 Å². The third-order valence-electron chi connectivity index (χ3n) is 6.36. The van der Waals surface area contributed by atoms with Gasteiger partial charge in [0, 0.05) is 6.54 Å². The molecule has 1 saturated heterocycles. The van der Waals surface area contributed by atoms with Gasteiger partial charge in [-0.3, -0.25) is 0 Å². The molecule has 152 valence electrons. The van der Waals surface area contributed by atoms with Gasteiger partial charge in [-0.05, 0) is 58.7 Å². The minimum Gasteiger partial charge on any atom is -0.497 e. The van der Waals surface area contributed by atoms with Crippen LogP contribution in [0.3, 0.4) is 0 Å². The second-order valence-electron chi connectivity index (χ2n) is 8.01. The Labute approximate surface area is 177 Å². The van der Waals surface area contributed by atoms with Gasteiger partial charge < -0.3 is 14.4 Å². The first-order valence-corrected chi connectivity index (χ1v) is 10.5. The molecule has 0 aromatic heterocycles. The minimum absolute atomic E-state index is 0.0697. The van der Waals surface area contributed by atoms with Crippen LogP contribution in [0.5, 0.6) is 5.75 Å². The summed E-state index contributed by atoms with van der Waals surface area (Å²) in [6, 6.07) is 24.6. The topological polar surface area (TPSA) is 38.8 Å². The predicted molar refractivity (Wildman–Crippen MR) is 116 cm³/mol. The lowest BCUT2D eigenvalue weighted by atomic mass is 9.94. The number of rotatable bonds is 4. The van der Waals surface area contributed by atoms with Crippen LogP contribution < -0.4 is 4.74 Å². The standard InChI is InChI=1S/C26H25NO3/c1-29-21-12-10-19(11-13-21)22-8-5-9-23-20-14-15-27(24(16-20)25(22)23)26(28)30-17-18-6-3-2-4-7-18/h2-13,20,24H,14-17H2,1H3. The number of fused-ring (bicyclic) bond motifs is 5. The summed E-state index contributed by atoms with van der Waals surface area (Å²) in [6.45, 7) is 1.04. The SMILES string of the molecule is COc1ccc(-c2cccc3c2C2CC3CCN2C(=O)OCc2ccccc2)cc1. The van der Waals surface area contributed by atoms with Gasteiger partial charge in [-0.2, -0.15) is 0 Å². The normalized spacial score (nSPS) is 19.3. The summed E-state index contributed by atoms with van der Waals surface area (Å²) in [5.41, 5.74) is 6.02. The molecular formula is C26H25NO3. The van der Waals surface area contributed by atoms with Crippen molar-refractivity contribution in [1.29, 1.82) is 0 Å². The van der Waals surface area contributed by atoms with Crippen LogP contribution in [0.2, 0.25) is 0 Å². The van der Waals surface area contributed by atoms with E-state index in [1.165, 1.54) is 16.7 Å². The maximum atomic E-state index is 13.0. The zero-order chi connectivity index (χ0) is 20.5. The first-order chi connectivity index (χ1) is 14.7. The Morgan fingerprint density at radius 1 is 1.00 bits per heavy atom. The van der Waals surface area contributed by atoms with Crippen molar-refractivity contribution in [2.24, 2.45) is 0 Å². The lowest BCUT2D eigenvalue weighted by Crippen LogP contribution is -2.38. The monoisotopic (exact) mass is 399 g/mol. The summed E-state index contributed by atoms with van der Waals surface area (Å²) < 4.78 is 11.0. The molecule has 4 heteroatoms. The number of nitrogens with zero attached hydrogens (tertiary/aromatic N) is 1. The van der Waals surface area contributed by atoms with Gasteiger partial charge in [-0.15, -0.1) is 0 Å². The smallest absolute Gasteiger partial charge is 0.410 e. The zero-order valence-electron chi connectivity index (χ0n) is 17.1. The molecule has 1 heterocycles. The summed E-state index contributed by atoms with van der Waals surface area (Å²) in [4.78, 5) is 14.9. The maximum absolute atomic E-state index is 13.0. The van der Waals surface area contributed by atoms with Gasteiger partial charge >= 0.3 is 6.09 Å². The van der Waals surface area contributed by atoms with E-state index in [0.29, 0.717) is 12.5 Å². The van der Waals surface area contributed by atoms with Gasteiger partial charge in [-0.1, -0.05) is 60.7 Å². The lowest BCUT2D eigenvalue weighted by molar-refractivity contribution is 0.0695. The number of carbonyl (C=O) groups excluding carboxylic acids is 1. The molecule has 0 radical (unpaired) electrons.